The number of nitrogens with two attached hydrogens (primary N) is 2. The Bertz CT molecular complexity index is 812. The molecule has 13 nitrogen and oxygen atoms in total. The number of amides is 4. The summed E-state index contributed by atoms with van der Waals surface area (Å²) in [4.78, 5) is 67.6. The van der Waals surface area contributed by atoms with Gasteiger partial charge < -0.3 is 37.1 Å². The van der Waals surface area contributed by atoms with E-state index >= 15 is 0 Å². The van der Waals surface area contributed by atoms with Crippen molar-refractivity contribution < 1.29 is 29.1 Å². The lowest BCUT2D eigenvalue weighted by atomic mass is 10.1. The summed E-state index contributed by atoms with van der Waals surface area (Å²) >= 11 is 0. The number of rotatable bonds is 11. The van der Waals surface area contributed by atoms with Crippen LogP contribution in [0.15, 0.2) is 12.5 Å². The monoisotopic (exact) mass is 437 g/mol. The second-order valence-electron chi connectivity index (χ2n) is 7.25. The van der Waals surface area contributed by atoms with Gasteiger partial charge in [-0.2, -0.15) is 0 Å². The highest BCUT2D eigenvalue weighted by atomic mass is 16.4. The van der Waals surface area contributed by atoms with E-state index in [-0.39, 0.29) is 19.3 Å². The van der Waals surface area contributed by atoms with Crippen LogP contribution in [0.5, 0.6) is 0 Å². The fourth-order valence-corrected chi connectivity index (χ4v) is 3.32. The molecule has 3 unspecified atom stereocenters. The minimum absolute atomic E-state index is 0.0480. The Hall–Kier alpha value is -3.48. The van der Waals surface area contributed by atoms with Crippen LogP contribution in [0.3, 0.4) is 0 Å². The summed E-state index contributed by atoms with van der Waals surface area (Å²) in [5, 5.41) is 13.6. The summed E-state index contributed by atoms with van der Waals surface area (Å²) in [6, 6.07) is -2.88. The van der Waals surface area contributed by atoms with Gasteiger partial charge in [0.15, 0.2) is 0 Å². The van der Waals surface area contributed by atoms with Gasteiger partial charge in [0.05, 0.1) is 12.4 Å². The number of carbonyl (C=O) groups excluding carboxylic acids is 4. The fourth-order valence-electron chi connectivity index (χ4n) is 3.32. The van der Waals surface area contributed by atoms with Gasteiger partial charge in [-0.05, 0) is 19.3 Å². The number of nitrogens with zero attached hydrogens (tertiary/aromatic N) is 2. The van der Waals surface area contributed by atoms with E-state index in [4.69, 9.17) is 16.6 Å². The molecule has 0 spiro atoms. The molecule has 0 radical (unpaired) electrons. The first-order valence-corrected chi connectivity index (χ1v) is 9.80. The van der Waals surface area contributed by atoms with Gasteiger partial charge in [-0.3, -0.25) is 24.0 Å². The maximum atomic E-state index is 12.9. The third-order valence-electron chi connectivity index (χ3n) is 4.88. The first-order valence-electron chi connectivity index (χ1n) is 9.80. The standard InChI is InChI=1S/C18H27N7O6/c19-11(3-4-14(20)26)18(31)25-5-1-2-13(25)17(30)24-12(6-10-7-21-9-23-10)16(29)22-8-15(27)28/h7,9,11-13H,1-6,8,19H2,(H2,20,26)(H,21,23)(H,22,29)(H,24,30)(H,27,28). The highest BCUT2D eigenvalue weighted by Gasteiger charge is 2.37. The normalized spacial score (nSPS) is 17.6. The zero-order valence-corrected chi connectivity index (χ0v) is 16.9. The largest absolute Gasteiger partial charge is 0.480 e. The molecule has 13 heteroatoms. The van der Waals surface area contributed by atoms with E-state index in [0.717, 1.165) is 0 Å². The maximum absolute atomic E-state index is 12.9. The Morgan fingerprint density at radius 2 is 2.06 bits per heavy atom. The van der Waals surface area contributed by atoms with E-state index in [1.807, 2.05) is 0 Å². The van der Waals surface area contributed by atoms with Crippen LogP contribution in [0.4, 0.5) is 0 Å². The Kier molecular flexibility index (Phi) is 8.49. The van der Waals surface area contributed by atoms with Crippen LogP contribution < -0.4 is 22.1 Å². The second kappa shape index (κ2) is 11.1. The molecule has 0 saturated carbocycles. The molecular weight excluding hydrogens is 410 g/mol. The van der Waals surface area contributed by atoms with E-state index in [0.29, 0.717) is 25.1 Å². The minimum Gasteiger partial charge on any atom is -0.480 e. The lowest BCUT2D eigenvalue weighted by Gasteiger charge is -2.28. The zero-order valence-electron chi connectivity index (χ0n) is 16.9. The molecule has 1 aliphatic heterocycles. The quantitative estimate of drug-likeness (QED) is 0.212. The number of hydrogen-bond donors (Lipinski definition) is 6. The summed E-state index contributed by atoms with van der Waals surface area (Å²) < 4.78 is 0. The van der Waals surface area contributed by atoms with Crippen molar-refractivity contribution >= 4 is 29.6 Å². The van der Waals surface area contributed by atoms with Gasteiger partial charge in [0.1, 0.15) is 18.6 Å². The van der Waals surface area contributed by atoms with E-state index < -0.39 is 54.3 Å². The van der Waals surface area contributed by atoms with Crippen LogP contribution >= 0.6 is 0 Å². The van der Waals surface area contributed by atoms with Gasteiger partial charge in [0.2, 0.25) is 23.6 Å². The lowest BCUT2D eigenvalue weighted by molar-refractivity contribution is -0.141. The number of nitrogens with one attached hydrogen (secondary N) is 3. The van der Waals surface area contributed by atoms with Crippen LogP contribution in [0.1, 0.15) is 31.4 Å². The third kappa shape index (κ3) is 7.06. The SMILES string of the molecule is NC(=O)CCC(N)C(=O)N1CCCC1C(=O)NC(Cc1cnc[nH]1)C(=O)NCC(=O)O. The Balaban J connectivity index is 2.06. The summed E-state index contributed by atoms with van der Waals surface area (Å²) in [6.07, 6.45) is 3.92. The second-order valence-corrected chi connectivity index (χ2v) is 7.25. The van der Waals surface area contributed by atoms with E-state index in [2.05, 4.69) is 20.6 Å². The number of carbonyl (C=O) groups is 5. The number of aromatic nitrogens is 2. The van der Waals surface area contributed by atoms with Gasteiger partial charge in [-0.1, -0.05) is 0 Å². The number of carboxylic acids is 1. The average Bonchev–Trinajstić information content (AvgIpc) is 3.40. The average molecular weight is 437 g/mol. The highest BCUT2D eigenvalue weighted by Crippen LogP contribution is 2.19. The van der Waals surface area contributed by atoms with Crippen molar-refractivity contribution in [1.82, 2.24) is 25.5 Å². The molecule has 8 N–H and O–H groups in total. The molecule has 1 fully saturated rings. The van der Waals surface area contributed by atoms with Crippen LogP contribution in [0, 0.1) is 0 Å². The van der Waals surface area contributed by atoms with Crippen molar-refractivity contribution in [1.29, 1.82) is 0 Å². The van der Waals surface area contributed by atoms with Gasteiger partial charge in [-0.25, -0.2) is 4.98 Å². The Labute approximate surface area is 177 Å². The van der Waals surface area contributed by atoms with Gasteiger partial charge in [0, 0.05) is 31.3 Å². The van der Waals surface area contributed by atoms with E-state index in [1.165, 1.54) is 17.4 Å². The molecule has 2 heterocycles. The molecule has 1 saturated heterocycles. The molecule has 1 aliphatic rings. The smallest absolute Gasteiger partial charge is 0.322 e. The molecule has 3 atom stereocenters. The number of likely N-dealkylation sites (tertiary alicyclic amines) is 1. The molecule has 0 aliphatic carbocycles. The van der Waals surface area contributed by atoms with Gasteiger partial charge >= 0.3 is 5.97 Å². The summed E-state index contributed by atoms with van der Waals surface area (Å²) in [6.45, 7) is -0.283. The van der Waals surface area contributed by atoms with Gasteiger partial charge in [-0.15, -0.1) is 0 Å². The van der Waals surface area contributed by atoms with Crippen LogP contribution in [0.2, 0.25) is 0 Å². The highest BCUT2D eigenvalue weighted by molar-refractivity contribution is 5.94. The molecular formula is C18H27N7O6. The zero-order chi connectivity index (χ0) is 23.0. The molecule has 4 amide bonds. The van der Waals surface area contributed by atoms with Crippen LogP contribution in [0.25, 0.3) is 0 Å². The summed E-state index contributed by atoms with van der Waals surface area (Å²) in [7, 11) is 0. The van der Waals surface area contributed by atoms with E-state index in [9.17, 15) is 24.0 Å². The first kappa shape index (κ1) is 23.8. The number of H-pyrrole nitrogens is 1. The molecule has 0 aromatic carbocycles. The molecule has 0 bridgehead atoms. The maximum Gasteiger partial charge on any atom is 0.322 e. The topological polar surface area (TPSA) is 214 Å². The predicted molar refractivity (Wildman–Crippen MR) is 106 cm³/mol. The van der Waals surface area contributed by atoms with Crippen molar-refractivity contribution in [2.45, 2.75) is 50.2 Å². The minimum atomic E-state index is -1.22. The number of carboxylic acid groups (broad SMARTS) is 1. The van der Waals surface area contributed by atoms with Crippen LogP contribution in [-0.4, -0.2) is 80.8 Å². The first-order chi connectivity index (χ1) is 14.7. The van der Waals surface area contributed by atoms with Crippen molar-refractivity contribution in [3.05, 3.63) is 18.2 Å². The van der Waals surface area contributed by atoms with Crippen molar-refractivity contribution in [2.75, 3.05) is 13.1 Å². The molecule has 1 aromatic heterocycles. The number of primary amides is 1. The number of hydrogen-bond acceptors (Lipinski definition) is 7. The molecule has 1 aromatic rings. The number of aromatic amines is 1. The van der Waals surface area contributed by atoms with Crippen molar-refractivity contribution in [2.24, 2.45) is 11.5 Å². The van der Waals surface area contributed by atoms with Crippen molar-refractivity contribution in [3.8, 4) is 0 Å². The Morgan fingerprint density at radius 1 is 1.32 bits per heavy atom. The number of imidazole rings is 1. The molecule has 2 rings (SSSR count). The molecule has 170 valence electrons. The van der Waals surface area contributed by atoms with E-state index in [1.54, 1.807) is 0 Å². The molecule has 31 heavy (non-hydrogen) atoms. The van der Waals surface area contributed by atoms with Crippen LogP contribution in [-0.2, 0) is 30.4 Å². The third-order valence-corrected chi connectivity index (χ3v) is 4.88. The Morgan fingerprint density at radius 3 is 2.68 bits per heavy atom. The predicted octanol–water partition coefficient (Wildman–Crippen LogP) is -2.78. The van der Waals surface area contributed by atoms with Crippen molar-refractivity contribution in [3.63, 3.8) is 0 Å². The summed E-state index contributed by atoms with van der Waals surface area (Å²) in [5.74, 6) is -3.51. The summed E-state index contributed by atoms with van der Waals surface area (Å²) in [5.41, 5.74) is 11.5. The lowest BCUT2D eigenvalue weighted by Crippen LogP contribution is -2.56. The fraction of sp³-hybridized carbons (Fsp3) is 0.556. The van der Waals surface area contributed by atoms with Gasteiger partial charge in [0.25, 0.3) is 0 Å². The number of aliphatic carboxylic acids is 1.